The number of thiol groups is 1. The van der Waals surface area contributed by atoms with Gasteiger partial charge in [-0.15, -0.1) is 0 Å². The molecule has 0 saturated heterocycles. The first-order chi connectivity index (χ1) is 14.2. The van der Waals surface area contributed by atoms with Gasteiger partial charge in [0.2, 0.25) is 0 Å². The largest absolute Gasteiger partial charge is 0.179 e. The minimum absolute atomic E-state index is 0.977. The average Bonchev–Trinajstić information content (AvgIpc) is 2.75. The van der Waals surface area contributed by atoms with Gasteiger partial charge in [0.1, 0.15) is 0 Å². The van der Waals surface area contributed by atoms with Crippen LogP contribution in [0, 0.1) is 6.92 Å². The lowest BCUT2D eigenvalue weighted by atomic mass is 9.95. The number of rotatable bonds is 10. The van der Waals surface area contributed by atoms with Gasteiger partial charge in [0.05, 0.1) is 0 Å². The van der Waals surface area contributed by atoms with Gasteiger partial charge in [0, 0.05) is 0 Å². The van der Waals surface area contributed by atoms with Crippen molar-refractivity contribution in [2.45, 2.75) is 58.8 Å². The highest BCUT2D eigenvalue weighted by molar-refractivity contribution is 7.80. The Bertz CT molecular complexity index is 875. The third-order valence-corrected chi connectivity index (χ3v) is 6.03. The number of benzene rings is 3. The normalized spacial score (nSPS) is 11.0. The van der Waals surface area contributed by atoms with Crippen molar-refractivity contribution >= 4 is 12.6 Å². The molecule has 3 aromatic rings. The van der Waals surface area contributed by atoms with Crippen LogP contribution in [0.25, 0.3) is 22.3 Å². The molecule has 0 N–H and O–H groups in total. The van der Waals surface area contributed by atoms with Crippen LogP contribution in [0.3, 0.4) is 0 Å². The molecule has 0 nitrogen and oxygen atoms in total. The van der Waals surface area contributed by atoms with Crippen LogP contribution in [-0.2, 0) is 12.8 Å². The lowest BCUT2D eigenvalue weighted by Gasteiger charge is -2.10. The van der Waals surface area contributed by atoms with Gasteiger partial charge in [-0.1, -0.05) is 86.5 Å². The van der Waals surface area contributed by atoms with Crippen molar-refractivity contribution in [1.29, 1.82) is 0 Å². The van der Waals surface area contributed by atoms with E-state index in [0.717, 1.165) is 12.2 Å². The topological polar surface area (TPSA) is 0 Å². The lowest BCUT2D eigenvalue weighted by molar-refractivity contribution is 0.717. The Kier molecular flexibility index (Phi) is 8.43. The van der Waals surface area contributed by atoms with E-state index in [9.17, 15) is 0 Å². The molecule has 0 aliphatic rings. The van der Waals surface area contributed by atoms with E-state index in [4.69, 9.17) is 0 Å². The van der Waals surface area contributed by atoms with Crippen molar-refractivity contribution < 1.29 is 0 Å². The van der Waals surface area contributed by atoms with Crippen molar-refractivity contribution in [2.75, 3.05) is 5.75 Å². The molecular weight excluding hydrogens is 368 g/mol. The van der Waals surface area contributed by atoms with Crippen LogP contribution in [0.1, 0.15) is 55.7 Å². The molecule has 29 heavy (non-hydrogen) atoms. The van der Waals surface area contributed by atoms with Crippen molar-refractivity contribution in [2.24, 2.45) is 0 Å². The van der Waals surface area contributed by atoms with Gasteiger partial charge in [0.25, 0.3) is 0 Å². The van der Waals surface area contributed by atoms with Crippen LogP contribution in [0.5, 0.6) is 0 Å². The van der Waals surface area contributed by atoms with E-state index in [0.29, 0.717) is 0 Å². The summed E-state index contributed by atoms with van der Waals surface area (Å²) in [7, 11) is 0. The standard InChI is InChI=1S/C28H34S/c1-3-4-5-8-23-10-13-25(14-11-23)26-15-17-27(18-16-26)28-19-12-24(21-22(28)2)9-6-7-20-29/h10-19,21,29H,3-9,20H2,1-2H3. The maximum atomic E-state index is 4.31. The summed E-state index contributed by atoms with van der Waals surface area (Å²) in [5.74, 6) is 0.977. The zero-order chi connectivity index (χ0) is 20.5. The van der Waals surface area contributed by atoms with Crippen LogP contribution >= 0.6 is 12.6 Å². The Labute approximate surface area is 182 Å². The molecule has 0 fully saturated rings. The Balaban J connectivity index is 1.68. The number of aryl methyl sites for hydroxylation is 3. The fourth-order valence-corrected chi connectivity index (χ4v) is 4.15. The molecule has 0 atom stereocenters. The number of hydrogen-bond donors (Lipinski definition) is 1. The van der Waals surface area contributed by atoms with E-state index < -0.39 is 0 Å². The molecule has 3 aromatic carbocycles. The summed E-state index contributed by atoms with van der Waals surface area (Å²) in [5.41, 5.74) is 9.46. The van der Waals surface area contributed by atoms with Gasteiger partial charge in [-0.2, -0.15) is 12.6 Å². The molecule has 0 aliphatic heterocycles. The van der Waals surface area contributed by atoms with Crippen LogP contribution in [0.15, 0.2) is 66.7 Å². The molecule has 0 saturated carbocycles. The quantitative estimate of drug-likeness (QED) is 0.256. The van der Waals surface area contributed by atoms with Crippen molar-refractivity contribution in [3.8, 4) is 22.3 Å². The van der Waals surface area contributed by atoms with Gasteiger partial charge in [-0.05, 0) is 83.7 Å². The van der Waals surface area contributed by atoms with Gasteiger partial charge in [0.15, 0.2) is 0 Å². The zero-order valence-corrected chi connectivity index (χ0v) is 18.8. The molecule has 0 amide bonds. The summed E-state index contributed by atoms with van der Waals surface area (Å²) in [4.78, 5) is 0. The Morgan fingerprint density at radius 2 is 1.17 bits per heavy atom. The highest BCUT2D eigenvalue weighted by atomic mass is 32.1. The molecule has 1 heteroatoms. The summed E-state index contributed by atoms with van der Waals surface area (Å²) in [6, 6.07) is 25.0. The second kappa shape index (κ2) is 11.3. The van der Waals surface area contributed by atoms with E-state index in [2.05, 4.69) is 93.2 Å². The second-order valence-electron chi connectivity index (χ2n) is 8.06. The van der Waals surface area contributed by atoms with Crippen LogP contribution in [0.4, 0.5) is 0 Å². The summed E-state index contributed by atoms with van der Waals surface area (Å²) >= 11 is 4.31. The average molecular weight is 403 g/mol. The van der Waals surface area contributed by atoms with E-state index in [1.165, 1.54) is 77.5 Å². The fraction of sp³-hybridized carbons (Fsp3) is 0.357. The summed E-state index contributed by atoms with van der Waals surface area (Å²) in [6.45, 7) is 4.48. The minimum atomic E-state index is 0.977. The Morgan fingerprint density at radius 3 is 1.79 bits per heavy atom. The third-order valence-electron chi connectivity index (χ3n) is 5.72. The molecule has 152 valence electrons. The SMILES string of the molecule is CCCCCc1ccc(-c2ccc(-c3ccc(CCCCS)cc3C)cc2)cc1. The number of unbranched alkanes of at least 4 members (excludes halogenated alkanes) is 3. The van der Waals surface area contributed by atoms with Gasteiger partial charge < -0.3 is 0 Å². The van der Waals surface area contributed by atoms with E-state index in [-0.39, 0.29) is 0 Å². The molecule has 0 radical (unpaired) electrons. The number of hydrogen-bond acceptors (Lipinski definition) is 1. The summed E-state index contributed by atoms with van der Waals surface area (Å²) in [6.07, 6.45) is 8.63. The molecule has 0 unspecified atom stereocenters. The van der Waals surface area contributed by atoms with Crippen molar-refractivity contribution in [3.63, 3.8) is 0 Å². The highest BCUT2D eigenvalue weighted by Crippen LogP contribution is 2.28. The van der Waals surface area contributed by atoms with E-state index in [1.54, 1.807) is 0 Å². The van der Waals surface area contributed by atoms with Gasteiger partial charge in [-0.3, -0.25) is 0 Å². The lowest BCUT2D eigenvalue weighted by Crippen LogP contribution is -1.90. The zero-order valence-electron chi connectivity index (χ0n) is 18.0. The first-order valence-corrected chi connectivity index (χ1v) is 11.7. The predicted molar refractivity (Wildman–Crippen MR) is 132 cm³/mol. The van der Waals surface area contributed by atoms with E-state index >= 15 is 0 Å². The highest BCUT2D eigenvalue weighted by Gasteiger charge is 2.05. The summed E-state index contributed by atoms with van der Waals surface area (Å²) < 4.78 is 0. The van der Waals surface area contributed by atoms with E-state index in [1.807, 2.05) is 0 Å². The maximum Gasteiger partial charge on any atom is -0.00978 e. The smallest absolute Gasteiger partial charge is 0.00978 e. The fourth-order valence-electron chi connectivity index (χ4n) is 3.93. The predicted octanol–water partition coefficient (Wildman–Crippen LogP) is 8.31. The molecular formula is C28H34S. The molecule has 0 bridgehead atoms. The van der Waals surface area contributed by atoms with Gasteiger partial charge >= 0.3 is 0 Å². The molecule has 0 heterocycles. The molecule has 0 spiro atoms. The third kappa shape index (κ3) is 6.24. The van der Waals surface area contributed by atoms with Crippen LogP contribution < -0.4 is 0 Å². The minimum Gasteiger partial charge on any atom is -0.179 e. The molecule has 0 aliphatic carbocycles. The first-order valence-electron chi connectivity index (χ1n) is 11.1. The van der Waals surface area contributed by atoms with Crippen molar-refractivity contribution in [3.05, 3.63) is 83.4 Å². The van der Waals surface area contributed by atoms with Crippen LogP contribution in [-0.4, -0.2) is 5.75 Å². The van der Waals surface area contributed by atoms with Crippen molar-refractivity contribution in [1.82, 2.24) is 0 Å². The molecule has 0 aromatic heterocycles. The monoisotopic (exact) mass is 402 g/mol. The summed E-state index contributed by atoms with van der Waals surface area (Å²) in [5, 5.41) is 0. The Morgan fingerprint density at radius 1 is 0.621 bits per heavy atom. The van der Waals surface area contributed by atoms with Gasteiger partial charge in [-0.25, -0.2) is 0 Å². The maximum absolute atomic E-state index is 4.31. The first kappa shape index (κ1) is 21.7. The second-order valence-corrected chi connectivity index (χ2v) is 8.51. The Hall–Kier alpha value is -1.99. The van der Waals surface area contributed by atoms with Crippen LogP contribution in [0.2, 0.25) is 0 Å². The molecule has 3 rings (SSSR count).